The summed E-state index contributed by atoms with van der Waals surface area (Å²) in [6.45, 7) is 7.58. The van der Waals surface area contributed by atoms with Gasteiger partial charge in [0.05, 0.1) is 24.0 Å². The number of nitrogens with one attached hydrogen (secondary N) is 2. The van der Waals surface area contributed by atoms with Crippen molar-refractivity contribution in [2.45, 2.75) is 60.9 Å². The average molecular weight is 608 g/mol. The van der Waals surface area contributed by atoms with Gasteiger partial charge in [-0.2, -0.15) is 13.2 Å². The van der Waals surface area contributed by atoms with Crippen molar-refractivity contribution in [3.63, 3.8) is 0 Å². The van der Waals surface area contributed by atoms with Crippen molar-refractivity contribution < 1.29 is 17.9 Å². The van der Waals surface area contributed by atoms with Crippen LogP contribution in [-0.2, 0) is 0 Å². The molecule has 3 aliphatic rings. The SMILES string of the molecule is C=C(NCC(c1cc2c(c(-c3cccc(SC(F)(F)F)c3)n1)OCC2C)C1CC1)c1cc(C=NC2CC2)c(N)c(NC)c1. The van der Waals surface area contributed by atoms with Crippen molar-refractivity contribution in [3.05, 3.63) is 71.4 Å². The molecular formula is C33H36F3N5OS. The van der Waals surface area contributed by atoms with Gasteiger partial charge in [-0.05, 0) is 79.3 Å². The van der Waals surface area contributed by atoms with E-state index in [0.29, 0.717) is 47.8 Å². The van der Waals surface area contributed by atoms with Crippen LogP contribution < -0.4 is 21.1 Å². The molecule has 0 saturated heterocycles. The highest BCUT2D eigenvalue weighted by molar-refractivity contribution is 8.00. The van der Waals surface area contributed by atoms with Gasteiger partial charge in [0, 0.05) is 64.6 Å². The number of rotatable bonds is 11. The van der Waals surface area contributed by atoms with Gasteiger partial charge in [-0.15, -0.1) is 0 Å². The maximum atomic E-state index is 13.1. The van der Waals surface area contributed by atoms with Gasteiger partial charge in [0.1, 0.15) is 11.4 Å². The van der Waals surface area contributed by atoms with Crippen LogP contribution in [0.4, 0.5) is 24.5 Å². The van der Waals surface area contributed by atoms with Crippen molar-refractivity contribution >= 4 is 35.0 Å². The van der Waals surface area contributed by atoms with Crippen LogP contribution in [0.15, 0.2) is 58.9 Å². The summed E-state index contributed by atoms with van der Waals surface area (Å²) in [6, 6.07) is 13.0. The molecule has 2 aliphatic carbocycles. The lowest BCUT2D eigenvalue weighted by Crippen LogP contribution is -2.22. The predicted molar refractivity (Wildman–Crippen MR) is 169 cm³/mol. The molecule has 226 valence electrons. The molecular weight excluding hydrogens is 571 g/mol. The molecule has 1 aliphatic heterocycles. The summed E-state index contributed by atoms with van der Waals surface area (Å²) in [5.41, 5.74) is 9.26. The standard InChI is InChI=1S/C33H36F3N5OS/c1-18-17-42-32-26(18)14-28(41-31(32)21-5-4-6-25(12-21)43-33(34,35)36)27(20-7-8-20)16-39-19(2)22-11-23(15-40-24-9-10-24)30(37)29(13-22)38-3/h4-6,11-15,18,20,24,27,38-39H,2,7-10,16-17,37H2,1,3H3. The van der Waals surface area contributed by atoms with E-state index in [0.717, 1.165) is 59.5 Å². The fourth-order valence-corrected chi connectivity index (χ4v) is 6.13. The Morgan fingerprint density at radius 2 is 2.00 bits per heavy atom. The molecule has 0 radical (unpaired) electrons. The number of hydrogen-bond donors (Lipinski definition) is 3. The molecule has 2 atom stereocenters. The van der Waals surface area contributed by atoms with Gasteiger partial charge in [0.2, 0.25) is 0 Å². The van der Waals surface area contributed by atoms with Crippen molar-refractivity contribution in [2.75, 3.05) is 31.2 Å². The van der Waals surface area contributed by atoms with Crippen LogP contribution in [0.3, 0.4) is 0 Å². The van der Waals surface area contributed by atoms with Crippen molar-refractivity contribution in [3.8, 4) is 17.0 Å². The molecule has 10 heteroatoms. The number of anilines is 2. The van der Waals surface area contributed by atoms with Gasteiger partial charge in [-0.3, -0.25) is 4.99 Å². The number of hydrogen-bond acceptors (Lipinski definition) is 7. The highest BCUT2D eigenvalue weighted by Gasteiger charge is 2.36. The molecule has 2 heterocycles. The molecule has 6 rings (SSSR count). The molecule has 4 N–H and O–H groups in total. The molecule has 2 aromatic carbocycles. The van der Waals surface area contributed by atoms with E-state index in [1.165, 1.54) is 6.07 Å². The molecule has 0 amide bonds. The largest absolute Gasteiger partial charge is 0.490 e. The Balaban J connectivity index is 1.28. The molecule has 43 heavy (non-hydrogen) atoms. The van der Waals surface area contributed by atoms with Crippen LogP contribution in [0.25, 0.3) is 17.0 Å². The molecule has 2 saturated carbocycles. The van der Waals surface area contributed by atoms with Crippen molar-refractivity contribution in [1.82, 2.24) is 10.3 Å². The number of nitrogens with zero attached hydrogens (tertiary/aromatic N) is 2. The molecule has 0 spiro atoms. The Morgan fingerprint density at radius 1 is 1.21 bits per heavy atom. The number of alkyl halides is 3. The molecule has 2 fully saturated rings. The lowest BCUT2D eigenvalue weighted by molar-refractivity contribution is -0.0328. The normalized spacial score (nSPS) is 18.8. The van der Waals surface area contributed by atoms with Crippen LogP contribution in [0, 0.1) is 5.92 Å². The zero-order valence-corrected chi connectivity index (χ0v) is 25.1. The number of fused-ring (bicyclic) bond motifs is 1. The number of nitrogen functional groups attached to an aromatic ring is 1. The monoisotopic (exact) mass is 607 g/mol. The smallest absolute Gasteiger partial charge is 0.446 e. The topological polar surface area (TPSA) is 84.6 Å². The van der Waals surface area contributed by atoms with Crippen LogP contribution in [0.1, 0.15) is 66.8 Å². The molecule has 0 bridgehead atoms. The first kappa shape index (κ1) is 29.4. The van der Waals surface area contributed by atoms with Crippen LogP contribution in [0.5, 0.6) is 5.75 Å². The zero-order valence-electron chi connectivity index (χ0n) is 24.3. The maximum Gasteiger partial charge on any atom is 0.446 e. The van der Waals surface area contributed by atoms with E-state index >= 15 is 0 Å². The van der Waals surface area contributed by atoms with Crippen LogP contribution in [-0.4, -0.2) is 42.9 Å². The quantitative estimate of drug-likeness (QED) is 0.117. The van der Waals surface area contributed by atoms with E-state index in [1.807, 2.05) is 25.4 Å². The minimum atomic E-state index is -4.37. The lowest BCUT2D eigenvalue weighted by Gasteiger charge is -2.22. The van der Waals surface area contributed by atoms with E-state index in [4.69, 9.17) is 15.5 Å². The highest BCUT2D eigenvalue weighted by atomic mass is 32.2. The Labute approximate surface area is 254 Å². The summed E-state index contributed by atoms with van der Waals surface area (Å²) >= 11 is -0.119. The maximum absolute atomic E-state index is 13.1. The van der Waals surface area contributed by atoms with Gasteiger partial charge in [0.15, 0.2) is 0 Å². The molecule has 6 nitrogen and oxygen atoms in total. The number of halogens is 3. The molecule has 1 aromatic heterocycles. The summed E-state index contributed by atoms with van der Waals surface area (Å²) in [6.07, 6.45) is 6.30. The minimum absolute atomic E-state index is 0.106. The second-order valence-electron chi connectivity index (χ2n) is 11.7. The van der Waals surface area contributed by atoms with Gasteiger partial charge in [0.25, 0.3) is 0 Å². The Morgan fingerprint density at radius 3 is 2.70 bits per heavy atom. The second-order valence-corrected chi connectivity index (χ2v) is 12.8. The second kappa shape index (κ2) is 11.8. The number of benzene rings is 2. The third kappa shape index (κ3) is 6.79. The Bertz CT molecular complexity index is 1560. The summed E-state index contributed by atoms with van der Waals surface area (Å²) in [7, 11) is 1.84. The van der Waals surface area contributed by atoms with E-state index in [9.17, 15) is 13.2 Å². The van der Waals surface area contributed by atoms with E-state index < -0.39 is 5.51 Å². The van der Waals surface area contributed by atoms with Crippen LogP contribution >= 0.6 is 11.8 Å². The summed E-state index contributed by atoms with van der Waals surface area (Å²) in [4.78, 5) is 9.81. The van der Waals surface area contributed by atoms with Gasteiger partial charge >= 0.3 is 5.51 Å². The first-order valence-electron chi connectivity index (χ1n) is 14.7. The lowest BCUT2D eigenvalue weighted by atomic mass is 9.93. The number of ether oxygens (including phenoxy) is 1. The number of pyridine rings is 1. The average Bonchev–Trinajstić information content (AvgIpc) is 3.91. The predicted octanol–water partition coefficient (Wildman–Crippen LogP) is 7.82. The first-order chi connectivity index (χ1) is 20.6. The van der Waals surface area contributed by atoms with Crippen molar-refractivity contribution in [1.29, 1.82) is 0 Å². The third-order valence-corrected chi connectivity index (χ3v) is 9.00. The minimum Gasteiger partial charge on any atom is -0.490 e. The first-order valence-corrected chi connectivity index (χ1v) is 15.5. The van der Waals surface area contributed by atoms with Crippen LogP contribution in [0.2, 0.25) is 0 Å². The number of aromatic nitrogens is 1. The Hall–Kier alpha value is -3.66. The van der Waals surface area contributed by atoms with Gasteiger partial charge in [-0.25, -0.2) is 4.98 Å². The van der Waals surface area contributed by atoms with E-state index in [-0.39, 0.29) is 28.5 Å². The van der Waals surface area contributed by atoms with Gasteiger partial charge in [-0.1, -0.05) is 25.6 Å². The number of thioether (sulfide) groups is 1. The Kier molecular flexibility index (Phi) is 8.06. The third-order valence-electron chi connectivity index (χ3n) is 8.28. The summed E-state index contributed by atoms with van der Waals surface area (Å²) in [5, 5.41) is 6.74. The molecule has 2 unspecified atom stereocenters. The van der Waals surface area contributed by atoms with E-state index in [1.54, 1.807) is 18.2 Å². The molecule has 3 aromatic rings. The van der Waals surface area contributed by atoms with Crippen molar-refractivity contribution in [2.24, 2.45) is 10.9 Å². The fourth-order valence-electron chi connectivity index (χ4n) is 5.54. The highest BCUT2D eigenvalue weighted by Crippen LogP contribution is 2.47. The van der Waals surface area contributed by atoms with Gasteiger partial charge < -0.3 is 21.1 Å². The number of nitrogens with two attached hydrogens (primary N) is 1. The summed E-state index contributed by atoms with van der Waals surface area (Å²) < 4.78 is 45.4. The van der Waals surface area contributed by atoms with E-state index in [2.05, 4.69) is 35.2 Å². The summed E-state index contributed by atoms with van der Waals surface area (Å²) in [5.74, 6) is 1.40. The number of aliphatic imine (C=N–C) groups is 1. The zero-order chi connectivity index (χ0) is 30.3. The fraction of sp³-hybridized carbons (Fsp3) is 0.394.